The molecule has 4 heteroatoms. The Kier molecular flexibility index (Phi) is 5.83. The van der Waals surface area contributed by atoms with Gasteiger partial charge in [0, 0.05) is 12.5 Å². The molecule has 0 heterocycles. The van der Waals surface area contributed by atoms with Crippen LogP contribution in [0.25, 0.3) is 0 Å². The van der Waals surface area contributed by atoms with Gasteiger partial charge >= 0.3 is 0 Å². The van der Waals surface area contributed by atoms with Gasteiger partial charge < -0.3 is 0 Å². The fourth-order valence-corrected chi connectivity index (χ4v) is 3.40. The van der Waals surface area contributed by atoms with Crippen molar-refractivity contribution in [3.8, 4) is 12.0 Å². The topological polar surface area (TPSA) is 37.4 Å². The van der Waals surface area contributed by atoms with E-state index in [1.165, 1.54) is 4.31 Å². The van der Waals surface area contributed by atoms with Crippen LogP contribution in [0.1, 0.15) is 18.1 Å². The van der Waals surface area contributed by atoms with Gasteiger partial charge in [0.2, 0.25) is 0 Å². The Morgan fingerprint density at radius 2 is 1.71 bits per heavy atom. The van der Waals surface area contributed by atoms with Gasteiger partial charge in [-0.15, -0.1) is 0 Å². The van der Waals surface area contributed by atoms with Crippen LogP contribution in [0.5, 0.6) is 0 Å². The zero-order chi connectivity index (χ0) is 17.6. The van der Waals surface area contributed by atoms with Gasteiger partial charge in [-0.3, -0.25) is 0 Å². The van der Waals surface area contributed by atoms with Crippen molar-refractivity contribution in [3.63, 3.8) is 0 Å². The van der Waals surface area contributed by atoms with Crippen molar-refractivity contribution in [1.82, 2.24) is 4.31 Å². The van der Waals surface area contributed by atoms with E-state index in [9.17, 15) is 8.42 Å². The monoisotopic (exact) mass is 339 g/mol. The molecular formula is C20H21NO2S. The second-order valence-corrected chi connectivity index (χ2v) is 7.60. The summed E-state index contributed by atoms with van der Waals surface area (Å²) in [6.07, 6.45) is 0.497. The summed E-state index contributed by atoms with van der Waals surface area (Å²) in [6, 6.07) is 19.3. The van der Waals surface area contributed by atoms with E-state index in [4.69, 9.17) is 0 Å². The molecule has 0 aliphatic rings. The predicted octanol–water partition coefficient (Wildman–Crippen LogP) is 3.77. The molecule has 0 bridgehead atoms. The molecule has 0 unspecified atom stereocenters. The number of benzene rings is 2. The third kappa shape index (κ3) is 4.74. The van der Waals surface area contributed by atoms with Crippen molar-refractivity contribution >= 4 is 10.0 Å². The maximum Gasteiger partial charge on any atom is 0.271 e. The molecule has 2 rings (SSSR count). The summed E-state index contributed by atoms with van der Waals surface area (Å²) in [5, 5.41) is 0. The molecule has 0 aliphatic carbocycles. The minimum absolute atomic E-state index is 0.179. The van der Waals surface area contributed by atoms with Gasteiger partial charge in [-0.2, -0.15) is 0 Å². The smallest absolute Gasteiger partial charge is 0.220 e. The average molecular weight is 339 g/mol. The van der Waals surface area contributed by atoms with Crippen LogP contribution in [0.15, 0.2) is 71.6 Å². The highest BCUT2D eigenvalue weighted by Crippen LogP contribution is 2.16. The zero-order valence-corrected chi connectivity index (χ0v) is 14.8. The van der Waals surface area contributed by atoms with E-state index in [1.54, 1.807) is 31.2 Å². The molecule has 0 saturated carbocycles. The molecule has 0 aromatic heterocycles. The molecule has 0 atom stereocenters. The maximum atomic E-state index is 12.8. The van der Waals surface area contributed by atoms with E-state index in [0.717, 1.165) is 16.7 Å². The number of aryl methyl sites for hydroxylation is 1. The van der Waals surface area contributed by atoms with Crippen LogP contribution in [-0.2, 0) is 16.4 Å². The maximum absolute atomic E-state index is 12.8. The van der Waals surface area contributed by atoms with Crippen molar-refractivity contribution in [1.29, 1.82) is 0 Å². The average Bonchev–Trinajstić information content (AvgIpc) is 2.55. The third-order valence-electron chi connectivity index (χ3n) is 3.36. The van der Waals surface area contributed by atoms with E-state index in [-0.39, 0.29) is 11.4 Å². The van der Waals surface area contributed by atoms with Crippen molar-refractivity contribution in [2.24, 2.45) is 0 Å². The lowest BCUT2D eigenvalue weighted by molar-refractivity contribution is 0.528. The fourth-order valence-electron chi connectivity index (χ4n) is 2.09. The molecule has 2 aromatic rings. The minimum atomic E-state index is -3.67. The molecule has 124 valence electrons. The second-order valence-electron chi connectivity index (χ2n) is 5.73. The first-order valence-electron chi connectivity index (χ1n) is 7.66. The first kappa shape index (κ1) is 17.8. The number of nitrogens with zero attached hydrogens (tertiary/aromatic N) is 1. The lowest BCUT2D eigenvalue weighted by Crippen LogP contribution is -2.28. The fraction of sp³-hybridized carbons (Fsp3) is 0.200. The summed E-state index contributed by atoms with van der Waals surface area (Å²) < 4.78 is 26.8. The summed E-state index contributed by atoms with van der Waals surface area (Å²) in [6.45, 7) is 7.69. The van der Waals surface area contributed by atoms with Crippen molar-refractivity contribution < 1.29 is 8.42 Å². The van der Waals surface area contributed by atoms with Gasteiger partial charge in [-0.1, -0.05) is 66.1 Å². The normalized spacial score (nSPS) is 10.6. The highest BCUT2D eigenvalue weighted by molar-refractivity contribution is 7.89. The zero-order valence-electron chi connectivity index (χ0n) is 14.0. The van der Waals surface area contributed by atoms with Crippen LogP contribution >= 0.6 is 0 Å². The van der Waals surface area contributed by atoms with Crippen LogP contribution in [0.2, 0.25) is 0 Å². The third-order valence-corrected chi connectivity index (χ3v) is 5.03. The second kappa shape index (κ2) is 7.85. The van der Waals surface area contributed by atoms with Crippen molar-refractivity contribution in [2.45, 2.75) is 25.2 Å². The number of rotatable bonds is 5. The molecule has 3 nitrogen and oxygen atoms in total. The van der Waals surface area contributed by atoms with E-state index in [1.807, 2.05) is 37.3 Å². The highest BCUT2D eigenvalue weighted by Gasteiger charge is 2.21. The number of hydrogen-bond acceptors (Lipinski definition) is 2. The van der Waals surface area contributed by atoms with E-state index in [0.29, 0.717) is 6.42 Å². The van der Waals surface area contributed by atoms with E-state index >= 15 is 0 Å². The Morgan fingerprint density at radius 1 is 1.08 bits per heavy atom. The lowest BCUT2D eigenvalue weighted by Gasteiger charge is -2.18. The van der Waals surface area contributed by atoms with E-state index < -0.39 is 10.0 Å². The van der Waals surface area contributed by atoms with Crippen molar-refractivity contribution in [3.05, 3.63) is 77.9 Å². The number of hydrogen-bond donors (Lipinski definition) is 0. The van der Waals surface area contributed by atoms with Crippen molar-refractivity contribution in [2.75, 3.05) is 6.54 Å². The van der Waals surface area contributed by atoms with E-state index in [2.05, 4.69) is 18.5 Å². The first-order valence-corrected chi connectivity index (χ1v) is 9.10. The molecule has 0 fully saturated rings. The molecular weight excluding hydrogens is 318 g/mol. The summed E-state index contributed by atoms with van der Waals surface area (Å²) >= 11 is 0. The molecule has 0 spiro atoms. The Morgan fingerprint density at radius 3 is 2.29 bits per heavy atom. The molecule has 0 amide bonds. The summed E-state index contributed by atoms with van der Waals surface area (Å²) in [5.74, 6) is 2.95. The minimum Gasteiger partial charge on any atom is -0.220 e. The standard InChI is InChI=1S/C20H21NO2S/c1-17(2)16-21(15-7-10-19-8-5-4-6-9-19)24(22,23)20-13-11-18(3)12-14-20/h4-6,8-9,11-14H,1,10,16H2,2-3H3. The van der Waals surface area contributed by atoms with Crippen LogP contribution in [0.3, 0.4) is 0 Å². The first-order chi connectivity index (χ1) is 11.4. The molecule has 0 aliphatic heterocycles. The van der Waals surface area contributed by atoms with Gasteiger partial charge in [0.25, 0.3) is 10.0 Å². The SMILES string of the molecule is C=C(C)CN(C#CCc1ccccc1)S(=O)(=O)c1ccc(C)cc1. The molecule has 0 N–H and O–H groups in total. The Labute approximate surface area is 144 Å². The summed E-state index contributed by atoms with van der Waals surface area (Å²) in [7, 11) is -3.67. The Bertz CT molecular complexity index is 857. The summed E-state index contributed by atoms with van der Waals surface area (Å²) in [4.78, 5) is 0.239. The van der Waals surface area contributed by atoms with Gasteiger partial charge in [0.1, 0.15) is 0 Å². The molecule has 0 saturated heterocycles. The van der Waals surface area contributed by atoms with Crippen LogP contribution < -0.4 is 0 Å². The van der Waals surface area contributed by atoms with Gasteiger partial charge in [-0.05, 0) is 31.5 Å². The van der Waals surface area contributed by atoms with Crippen LogP contribution in [-0.4, -0.2) is 19.3 Å². The largest absolute Gasteiger partial charge is 0.271 e. The molecule has 24 heavy (non-hydrogen) atoms. The van der Waals surface area contributed by atoms with Gasteiger partial charge in [-0.25, -0.2) is 12.7 Å². The van der Waals surface area contributed by atoms with Gasteiger partial charge in [0.05, 0.1) is 11.4 Å². The van der Waals surface area contributed by atoms with Crippen LogP contribution in [0.4, 0.5) is 0 Å². The summed E-state index contributed by atoms with van der Waals surface area (Å²) in [5.41, 5.74) is 2.79. The highest BCUT2D eigenvalue weighted by atomic mass is 32.2. The lowest BCUT2D eigenvalue weighted by atomic mass is 10.2. The Balaban J connectivity index is 2.28. The number of sulfonamides is 1. The predicted molar refractivity (Wildman–Crippen MR) is 97.8 cm³/mol. The Hall–Kier alpha value is -2.51. The molecule has 2 aromatic carbocycles. The molecule has 0 radical (unpaired) electrons. The quantitative estimate of drug-likeness (QED) is 0.472. The van der Waals surface area contributed by atoms with Gasteiger partial charge in [0.15, 0.2) is 0 Å². The van der Waals surface area contributed by atoms with Crippen LogP contribution in [0, 0.1) is 18.9 Å².